The first-order valence-corrected chi connectivity index (χ1v) is 3.65. The van der Waals surface area contributed by atoms with E-state index in [9.17, 15) is 19.7 Å². The zero-order chi connectivity index (χ0) is 11.1. The molecule has 0 N–H and O–H groups in total. The molecule has 0 fully saturated rings. The predicted molar refractivity (Wildman–Crippen MR) is 50.1 cm³/mol. The quantitative estimate of drug-likeness (QED) is 0.216. The van der Waals surface area contributed by atoms with Crippen LogP contribution in [0, 0.1) is 10.1 Å². The van der Waals surface area contributed by atoms with Crippen molar-refractivity contribution in [2.24, 2.45) is 0 Å². The molecule has 0 aliphatic carbocycles. The van der Waals surface area contributed by atoms with Gasteiger partial charge in [0.25, 0.3) is 5.70 Å². The molecule has 0 aliphatic heterocycles. The van der Waals surface area contributed by atoms with E-state index in [0.717, 1.165) is 0 Å². The summed E-state index contributed by atoms with van der Waals surface area (Å²) in [5.41, 5.74) is -0.214. The summed E-state index contributed by atoms with van der Waals surface area (Å²) in [6.45, 7) is 4.53. The highest BCUT2D eigenvalue weighted by molar-refractivity contribution is 5.81. The topological polar surface area (TPSA) is 77.3 Å². The van der Waals surface area contributed by atoms with Gasteiger partial charge < -0.3 is 0 Å². The Labute approximate surface area is 80.6 Å². The number of hydrogen-bond acceptors (Lipinski definition) is 4. The minimum atomic E-state index is -0.669. The highest BCUT2D eigenvalue weighted by atomic mass is 16.6. The Morgan fingerprint density at radius 3 is 2.21 bits per heavy atom. The van der Waals surface area contributed by atoms with E-state index in [-0.39, 0.29) is 16.8 Å². The Morgan fingerprint density at radius 1 is 1.29 bits per heavy atom. The van der Waals surface area contributed by atoms with Gasteiger partial charge in [-0.2, -0.15) is 0 Å². The van der Waals surface area contributed by atoms with Gasteiger partial charge in [-0.3, -0.25) is 19.7 Å². The molecule has 0 spiro atoms. The molecule has 0 amide bonds. The number of carbonyl (C=O) groups excluding carboxylic acids is 2. The number of allylic oxidation sites excluding steroid dienone is 5. The van der Waals surface area contributed by atoms with E-state index in [0.29, 0.717) is 12.6 Å². The van der Waals surface area contributed by atoms with Crippen LogP contribution in [0.25, 0.3) is 0 Å². The first kappa shape index (κ1) is 12.0. The van der Waals surface area contributed by atoms with Gasteiger partial charge >= 0.3 is 0 Å². The molecule has 0 saturated carbocycles. The summed E-state index contributed by atoms with van der Waals surface area (Å²) in [5, 5.41) is 10.3. The van der Waals surface area contributed by atoms with E-state index < -0.39 is 4.92 Å². The zero-order valence-corrected chi connectivity index (χ0v) is 7.60. The molecule has 0 bridgehead atoms. The minimum Gasteiger partial charge on any atom is -0.298 e. The minimum absolute atomic E-state index is 0.0852. The first-order valence-electron chi connectivity index (χ1n) is 3.65. The number of carbonyl (C=O) groups is 2. The normalized spacial score (nSPS) is 12.1. The van der Waals surface area contributed by atoms with Crippen LogP contribution in [0.15, 0.2) is 35.6 Å². The van der Waals surface area contributed by atoms with Gasteiger partial charge in [-0.25, -0.2) is 0 Å². The number of aldehydes is 2. The van der Waals surface area contributed by atoms with Crippen molar-refractivity contribution in [3.8, 4) is 0 Å². The van der Waals surface area contributed by atoms with Gasteiger partial charge in [0, 0.05) is 12.5 Å². The molecule has 0 aliphatic rings. The third-order valence-corrected chi connectivity index (χ3v) is 1.45. The second-order valence-corrected chi connectivity index (χ2v) is 2.44. The van der Waals surface area contributed by atoms with E-state index in [2.05, 4.69) is 6.58 Å². The standard InChI is InChI=1S/C9H9NO4/c1-7(5-11)3-4-9(6-12)8(2)10(13)14/h3-6H,1H2,2H3/b4-3-,9-8-. The van der Waals surface area contributed by atoms with Crippen molar-refractivity contribution in [2.75, 3.05) is 0 Å². The Bertz CT molecular complexity index is 339. The van der Waals surface area contributed by atoms with Crippen LogP contribution in [0.3, 0.4) is 0 Å². The van der Waals surface area contributed by atoms with Crippen molar-refractivity contribution in [3.05, 3.63) is 45.7 Å². The largest absolute Gasteiger partial charge is 0.298 e. The average molecular weight is 195 g/mol. The van der Waals surface area contributed by atoms with Crippen LogP contribution >= 0.6 is 0 Å². The lowest BCUT2D eigenvalue weighted by Crippen LogP contribution is -1.99. The molecule has 0 atom stereocenters. The zero-order valence-electron chi connectivity index (χ0n) is 7.60. The molecule has 0 radical (unpaired) electrons. The summed E-state index contributed by atoms with van der Waals surface area (Å²) in [7, 11) is 0. The van der Waals surface area contributed by atoms with Crippen LogP contribution in [0.4, 0.5) is 0 Å². The third-order valence-electron chi connectivity index (χ3n) is 1.45. The Morgan fingerprint density at radius 2 is 1.86 bits per heavy atom. The van der Waals surface area contributed by atoms with Crippen LogP contribution in [0.1, 0.15) is 6.92 Å². The smallest absolute Gasteiger partial charge is 0.253 e. The Balaban J connectivity index is 4.93. The fraction of sp³-hybridized carbons (Fsp3) is 0.111. The molecule has 0 saturated heterocycles. The summed E-state index contributed by atoms with van der Waals surface area (Å²) in [6.07, 6.45) is 3.26. The summed E-state index contributed by atoms with van der Waals surface area (Å²) in [4.78, 5) is 30.1. The molecular weight excluding hydrogens is 186 g/mol. The summed E-state index contributed by atoms with van der Waals surface area (Å²) in [6, 6.07) is 0. The van der Waals surface area contributed by atoms with Crippen LogP contribution in [0.5, 0.6) is 0 Å². The van der Waals surface area contributed by atoms with Gasteiger partial charge in [-0.15, -0.1) is 0 Å². The van der Waals surface area contributed by atoms with Crippen LogP contribution < -0.4 is 0 Å². The summed E-state index contributed by atoms with van der Waals surface area (Å²) < 4.78 is 0. The van der Waals surface area contributed by atoms with Gasteiger partial charge in [0.15, 0.2) is 6.29 Å². The molecule has 5 nitrogen and oxygen atoms in total. The molecule has 0 aromatic rings. The molecule has 0 aromatic heterocycles. The predicted octanol–water partition coefficient (Wildman–Crippen LogP) is 1.05. The maximum atomic E-state index is 10.4. The Kier molecular flexibility index (Phi) is 4.77. The monoisotopic (exact) mass is 195 g/mol. The number of hydrogen-bond donors (Lipinski definition) is 0. The maximum absolute atomic E-state index is 10.4. The molecule has 5 heteroatoms. The highest BCUT2D eigenvalue weighted by Crippen LogP contribution is 2.04. The first-order chi connectivity index (χ1) is 6.52. The number of nitro groups is 1. The van der Waals surface area contributed by atoms with Crippen molar-refractivity contribution in [1.29, 1.82) is 0 Å². The van der Waals surface area contributed by atoms with Crippen molar-refractivity contribution in [2.45, 2.75) is 6.92 Å². The SMILES string of the molecule is C=C(C=O)/C=C\C(C=O)=C(/C)[N+](=O)[O-]. The molecule has 74 valence electrons. The Hall–Kier alpha value is -2.04. The molecule has 0 rings (SSSR count). The van der Waals surface area contributed by atoms with Gasteiger partial charge in [0.1, 0.15) is 6.29 Å². The highest BCUT2D eigenvalue weighted by Gasteiger charge is 2.08. The fourth-order valence-electron chi connectivity index (χ4n) is 0.587. The summed E-state index contributed by atoms with van der Waals surface area (Å²) in [5.74, 6) is 0. The molecule has 14 heavy (non-hydrogen) atoms. The molecular formula is C9H9NO4. The fourth-order valence-corrected chi connectivity index (χ4v) is 0.587. The van der Waals surface area contributed by atoms with Crippen molar-refractivity contribution < 1.29 is 14.5 Å². The van der Waals surface area contributed by atoms with E-state index in [1.54, 1.807) is 0 Å². The average Bonchev–Trinajstić information content (AvgIpc) is 2.17. The number of rotatable bonds is 5. The molecule has 0 heterocycles. The van der Waals surface area contributed by atoms with E-state index in [4.69, 9.17) is 0 Å². The van der Waals surface area contributed by atoms with E-state index in [1.165, 1.54) is 19.1 Å². The third kappa shape index (κ3) is 3.57. The van der Waals surface area contributed by atoms with Crippen LogP contribution in [-0.4, -0.2) is 17.5 Å². The lowest BCUT2D eigenvalue weighted by atomic mass is 10.2. The maximum Gasteiger partial charge on any atom is 0.253 e. The molecule has 0 aromatic carbocycles. The van der Waals surface area contributed by atoms with Crippen molar-refractivity contribution in [3.63, 3.8) is 0 Å². The van der Waals surface area contributed by atoms with E-state index >= 15 is 0 Å². The second-order valence-electron chi connectivity index (χ2n) is 2.44. The van der Waals surface area contributed by atoms with Crippen molar-refractivity contribution >= 4 is 12.6 Å². The molecule has 0 unspecified atom stereocenters. The summed E-state index contributed by atoms with van der Waals surface area (Å²) >= 11 is 0. The van der Waals surface area contributed by atoms with Crippen LogP contribution in [0.2, 0.25) is 0 Å². The second kappa shape index (κ2) is 5.58. The lowest BCUT2D eigenvalue weighted by molar-refractivity contribution is -0.424. The van der Waals surface area contributed by atoms with Gasteiger partial charge in [0.05, 0.1) is 10.5 Å². The van der Waals surface area contributed by atoms with Crippen LogP contribution in [-0.2, 0) is 9.59 Å². The lowest BCUT2D eigenvalue weighted by Gasteiger charge is -1.92. The van der Waals surface area contributed by atoms with Gasteiger partial charge in [-0.05, 0) is 6.08 Å². The number of nitrogens with zero attached hydrogens (tertiary/aromatic N) is 1. The van der Waals surface area contributed by atoms with E-state index in [1.807, 2.05) is 0 Å². The van der Waals surface area contributed by atoms with Gasteiger partial charge in [-0.1, -0.05) is 12.7 Å². The van der Waals surface area contributed by atoms with Gasteiger partial charge in [0.2, 0.25) is 0 Å². The van der Waals surface area contributed by atoms with Crippen molar-refractivity contribution in [1.82, 2.24) is 0 Å².